The molecule has 6 N–H and O–H groups in total. The summed E-state index contributed by atoms with van der Waals surface area (Å²) in [5.41, 5.74) is 6.39. The van der Waals surface area contributed by atoms with Gasteiger partial charge in [0.2, 0.25) is 17.7 Å². The summed E-state index contributed by atoms with van der Waals surface area (Å²) in [5.74, 6) is -2.33. The molecule has 0 radical (unpaired) electrons. The first-order valence-corrected chi connectivity index (χ1v) is 12.4. The van der Waals surface area contributed by atoms with Crippen molar-refractivity contribution in [1.29, 1.82) is 0 Å². The van der Waals surface area contributed by atoms with Gasteiger partial charge in [0.15, 0.2) is 0 Å². The summed E-state index contributed by atoms with van der Waals surface area (Å²) in [5, 5.41) is 17.5. The van der Waals surface area contributed by atoms with Crippen molar-refractivity contribution < 1.29 is 24.3 Å². The number of thioether (sulfide) groups is 1. The van der Waals surface area contributed by atoms with Crippen molar-refractivity contribution in [1.82, 2.24) is 16.0 Å². The third-order valence-electron chi connectivity index (χ3n) is 5.35. The van der Waals surface area contributed by atoms with Crippen LogP contribution in [-0.2, 0) is 25.6 Å². The normalized spacial score (nSPS) is 15.4. The molecule has 0 aliphatic carbocycles. The maximum atomic E-state index is 13.0. The molecule has 0 aromatic heterocycles. The summed E-state index contributed by atoms with van der Waals surface area (Å²) in [6.45, 7) is 5.24. The fraction of sp³-hybridized carbons (Fsp3) is 0.565. The molecule has 5 unspecified atom stereocenters. The van der Waals surface area contributed by atoms with Gasteiger partial charge in [-0.05, 0) is 36.8 Å². The van der Waals surface area contributed by atoms with Crippen molar-refractivity contribution >= 4 is 35.5 Å². The van der Waals surface area contributed by atoms with Gasteiger partial charge in [0.1, 0.15) is 18.1 Å². The summed E-state index contributed by atoms with van der Waals surface area (Å²) in [7, 11) is 0. The molecular weight excluding hydrogens is 444 g/mol. The van der Waals surface area contributed by atoms with Gasteiger partial charge in [-0.15, -0.1) is 0 Å². The Kier molecular flexibility index (Phi) is 12.5. The van der Waals surface area contributed by atoms with Crippen LogP contribution in [-0.4, -0.2) is 65.0 Å². The van der Waals surface area contributed by atoms with Crippen LogP contribution in [0.5, 0.6) is 0 Å². The second kappa shape index (κ2) is 14.5. The van der Waals surface area contributed by atoms with Crippen molar-refractivity contribution in [3.05, 3.63) is 35.9 Å². The topological polar surface area (TPSA) is 151 Å². The molecule has 0 aliphatic heterocycles. The van der Waals surface area contributed by atoms with Crippen molar-refractivity contribution in [2.45, 2.75) is 64.2 Å². The highest BCUT2D eigenvalue weighted by atomic mass is 32.2. The number of nitrogens with one attached hydrogen (secondary N) is 3. The number of benzene rings is 1. The second-order valence-electron chi connectivity index (χ2n) is 8.09. The molecule has 3 amide bonds. The maximum absolute atomic E-state index is 13.0. The van der Waals surface area contributed by atoms with Crippen LogP contribution < -0.4 is 21.7 Å². The summed E-state index contributed by atoms with van der Waals surface area (Å²) >= 11 is 1.50. The molecule has 10 heteroatoms. The summed E-state index contributed by atoms with van der Waals surface area (Å²) < 4.78 is 0. The molecule has 33 heavy (non-hydrogen) atoms. The van der Waals surface area contributed by atoms with Crippen molar-refractivity contribution in [2.75, 3.05) is 12.0 Å². The molecule has 1 rings (SSSR count). The van der Waals surface area contributed by atoms with E-state index in [9.17, 15) is 24.3 Å². The maximum Gasteiger partial charge on any atom is 0.326 e. The lowest BCUT2D eigenvalue weighted by Crippen LogP contribution is -2.58. The minimum absolute atomic E-state index is 0.116. The molecule has 184 valence electrons. The van der Waals surface area contributed by atoms with Gasteiger partial charge in [0.25, 0.3) is 0 Å². The minimum Gasteiger partial charge on any atom is -0.480 e. The Bertz CT molecular complexity index is 790. The molecule has 0 heterocycles. The van der Waals surface area contributed by atoms with Crippen LogP contribution in [0.2, 0.25) is 0 Å². The molecule has 1 aromatic carbocycles. The van der Waals surface area contributed by atoms with Crippen LogP contribution in [0.15, 0.2) is 30.3 Å². The minimum atomic E-state index is -1.16. The monoisotopic (exact) mass is 480 g/mol. The molecule has 9 nitrogen and oxygen atoms in total. The number of carboxylic acid groups (broad SMARTS) is 1. The van der Waals surface area contributed by atoms with Gasteiger partial charge in [0.05, 0.1) is 6.04 Å². The van der Waals surface area contributed by atoms with E-state index < -0.39 is 47.9 Å². The number of carbonyl (C=O) groups excluding carboxylic acids is 3. The highest BCUT2D eigenvalue weighted by Crippen LogP contribution is 2.11. The molecule has 0 bridgehead atoms. The Morgan fingerprint density at radius 1 is 0.970 bits per heavy atom. The lowest BCUT2D eigenvalue weighted by Gasteiger charge is -2.27. The lowest BCUT2D eigenvalue weighted by atomic mass is 9.97. The third-order valence-corrected chi connectivity index (χ3v) is 5.99. The highest BCUT2D eigenvalue weighted by Gasteiger charge is 2.31. The highest BCUT2D eigenvalue weighted by molar-refractivity contribution is 7.98. The molecule has 0 aliphatic rings. The number of hydrogen-bond donors (Lipinski definition) is 5. The molecule has 0 spiro atoms. The van der Waals surface area contributed by atoms with Crippen molar-refractivity contribution in [3.8, 4) is 0 Å². The number of carboxylic acids is 1. The van der Waals surface area contributed by atoms with Crippen molar-refractivity contribution in [2.24, 2.45) is 11.7 Å². The van der Waals surface area contributed by atoms with E-state index in [-0.39, 0.29) is 12.3 Å². The van der Waals surface area contributed by atoms with E-state index in [0.717, 1.165) is 5.56 Å². The Hall–Kier alpha value is -2.59. The number of carbonyl (C=O) groups is 4. The molecule has 1 aromatic rings. The fourth-order valence-electron chi connectivity index (χ4n) is 3.07. The largest absolute Gasteiger partial charge is 0.480 e. The van der Waals surface area contributed by atoms with Crippen molar-refractivity contribution in [3.63, 3.8) is 0 Å². The molecular formula is C23H36N4O5S. The zero-order valence-electron chi connectivity index (χ0n) is 19.7. The molecule has 5 atom stereocenters. The van der Waals surface area contributed by atoms with Gasteiger partial charge in [-0.25, -0.2) is 4.79 Å². The Morgan fingerprint density at radius 3 is 2.09 bits per heavy atom. The van der Waals surface area contributed by atoms with Gasteiger partial charge in [0, 0.05) is 6.42 Å². The van der Waals surface area contributed by atoms with E-state index in [0.29, 0.717) is 18.6 Å². The van der Waals surface area contributed by atoms with E-state index in [1.807, 2.05) is 26.2 Å². The van der Waals surface area contributed by atoms with Gasteiger partial charge in [-0.3, -0.25) is 14.4 Å². The van der Waals surface area contributed by atoms with Gasteiger partial charge in [-0.1, -0.05) is 50.6 Å². The number of hydrogen-bond acceptors (Lipinski definition) is 6. The lowest BCUT2D eigenvalue weighted by molar-refractivity contribution is -0.142. The van der Waals surface area contributed by atoms with E-state index >= 15 is 0 Å². The van der Waals surface area contributed by atoms with Crippen LogP contribution in [0, 0.1) is 5.92 Å². The first-order chi connectivity index (χ1) is 15.6. The van der Waals surface area contributed by atoms with Crippen LogP contribution in [0.3, 0.4) is 0 Å². The predicted molar refractivity (Wildman–Crippen MR) is 130 cm³/mol. The Morgan fingerprint density at radius 2 is 1.58 bits per heavy atom. The average molecular weight is 481 g/mol. The van der Waals surface area contributed by atoms with Gasteiger partial charge < -0.3 is 26.8 Å². The van der Waals surface area contributed by atoms with E-state index in [1.165, 1.54) is 18.7 Å². The second-order valence-corrected chi connectivity index (χ2v) is 9.08. The average Bonchev–Trinajstić information content (AvgIpc) is 2.79. The van der Waals surface area contributed by atoms with Crippen LogP contribution >= 0.6 is 11.8 Å². The molecule has 0 saturated carbocycles. The Labute approximate surface area is 199 Å². The molecule has 0 fully saturated rings. The zero-order valence-corrected chi connectivity index (χ0v) is 20.5. The van der Waals surface area contributed by atoms with Gasteiger partial charge >= 0.3 is 5.97 Å². The van der Waals surface area contributed by atoms with E-state index in [4.69, 9.17) is 5.73 Å². The quantitative estimate of drug-likeness (QED) is 0.266. The summed E-state index contributed by atoms with van der Waals surface area (Å²) in [6.07, 6.45) is 2.92. The van der Waals surface area contributed by atoms with Crippen LogP contribution in [0.1, 0.15) is 39.2 Å². The zero-order chi connectivity index (χ0) is 25.0. The van der Waals surface area contributed by atoms with Gasteiger partial charge in [-0.2, -0.15) is 11.8 Å². The van der Waals surface area contributed by atoms with Crippen LogP contribution in [0.25, 0.3) is 0 Å². The van der Waals surface area contributed by atoms with Crippen LogP contribution in [0.4, 0.5) is 0 Å². The first-order valence-electron chi connectivity index (χ1n) is 11.0. The standard InChI is InChI=1S/C23H36N4O5S/c1-5-14(2)19(27-20(28)15(3)24)22(30)25-17(11-12-33-4)21(29)26-18(23(31)32)13-16-9-7-6-8-10-16/h6-10,14-15,17-19H,5,11-13,24H2,1-4H3,(H,25,30)(H,26,29)(H,27,28)(H,31,32). The smallest absolute Gasteiger partial charge is 0.326 e. The summed E-state index contributed by atoms with van der Waals surface area (Å²) in [4.78, 5) is 49.9. The van der Waals surface area contributed by atoms with E-state index in [1.54, 1.807) is 24.3 Å². The summed E-state index contributed by atoms with van der Waals surface area (Å²) in [6, 6.07) is 5.25. The Balaban J connectivity index is 2.98. The fourth-order valence-corrected chi connectivity index (χ4v) is 3.55. The first kappa shape index (κ1) is 28.4. The number of nitrogens with two attached hydrogens (primary N) is 1. The SMILES string of the molecule is CCC(C)C(NC(=O)C(C)N)C(=O)NC(CCSC)C(=O)NC(Cc1ccccc1)C(=O)O. The van der Waals surface area contributed by atoms with E-state index in [2.05, 4.69) is 16.0 Å². The predicted octanol–water partition coefficient (Wildman–Crippen LogP) is 0.915. The molecule has 0 saturated heterocycles. The third kappa shape index (κ3) is 9.83. The number of amides is 3. The number of aliphatic carboxylic acids is 1. The number of rotatable bonds is 14.